The number of nitrogens with one attached hydrogen (secondary N) is 1. The van der Waals surface area contributed by atoms with Gasteiger partial charge in [0.05, 0.1) is 6.61 Å². The number of aryl methyl sites for hydroxylation is 1. The summed E-state index contributed by atoms with van der Waals surface area (Å²) in [5.74, 6) is -0.448. The van der Waals surface area contributed by atoms with E-state index in [9.17, 15) is 4.79 Å². The van der Waals surface area contributed by atoms with Crippen molar-refractivity contribution in [2.24, 2.45) is 0 Å². The Morgan fingerprint density at radius 3 is 2.74 bits per heavy atom. The zero-order valence-corrected chi connectivity index (χ0v) is 13.6. The van der Waals surface area contributed by atoms with Gasteiger partial charge in [-0.05, 0) is 50.8 Å². The minimum atomic E-state index is -0.448. The van der Waals surface area contributed by atoms with E-state index < -0.39 is 5.97 Å². The second-order valence-electron chi connectivity index (χ2n) is 5.79. The number of aromatic amines is 1. The summed E-state index contributed by atoms with van der Waals surface area (Å²) in [5.41, 5.74) is 3.99. The van der Waals surface area contributed by atoms with Gasteiger partial charge in [-0.1, -0.05) is 6.07 Å². The van der Waals surface area contributed by atoms with Gasteiger partial charge in [0.25, 0.3) is 0 Å². The molecule has 0 unspecified atom stereocenters. The third kappa shape index (κ3) is 3.21. The molecule has 1 aromatic heterocycles. The van der Waals surface area contributed by atoms with Gasteiger partial charge in [-0.25, -0.2) is 4.79 Å². The zero-order chi connectivity index (χ0) is 16.2. The number of hydrogen-bond acceptors (Lipinski definition) is 5. The van der Waals surface area contributed by atoms with E-state index in [0.29, 0.717) is 12.3 Å². The van der Waals surface area contributed by atoms with E-state index in [1.807, 2.05) is 13.0 Å². The number of ether oxygens (including phenoxy) is 1. The molecule has 1 saturated heterocycles. The van der Waals surface area contributed by atoms with Gasteiger partial charge in [0.1, 0.15) is 5.69 Å². The molecule has 1 N–H and O–H groups in total. The van der Waals surface area contributed by atoms with Crippen LogP contribution in [0.3, 0.4) is 0 Å². The number of carbonyl (C=O) groups excluding carboxylic acids is 1. The summed E-state index contributed by atoms with van der Waals surface area (Å²) < 4.78 is 5.04. The third-order valence-corrected chi connectivity index (χ3v) is 4.20. The molecular formula is C17H22N4O2. The predicted octanol–water partition coefficient (Wildman–Crippen LogP) is 2.95. The minimum absolute atomic E-state index is 0.237. The number of esters is 1. The number of piperidine rings is 1. The molecule has 0 spiro atoms. The molecule has 0 bridgehead atoms. The van der Waals surface area contributed by atoms with E-state index in [2.05, 4.69) is 32.4 Å². The average Bonchev–Trinajstić information content (AvgIpc) is 3.05. The van der Waals surface area contributed by atoms with Crippen LogP contribution in [0.1, 0.15) is 42.2 Å². The Bertz CT molecular complexity index is 690. The quantitative estimate of drug-likeness (QED) is 0.879. The number of nitrogens with zero attached hydrogens (tertiary/aromatic N) is 3. The number of anilines is 1. The van der Waals surface area contributed by atoms with E-state index in [1.165, 1.54) is 24.9 Å². The predicted molar refractivity (Wildman–Crippen MR) is 88.6 cm³/mol. The van der Waals surface area contributed by atoms with Crippen molar-refractivity contribution in [2.75, 3.05) is 24.6 Å². The van der Waals surface area contributed by atoms with Gasteiger partial charge in [0.15, 0.2) is 5.69 Å². The summed E-state index contributed by atoms with van der Waals surface area (Å²) in [5, 5.41) is 10.6. The van der Waals surface area contributed by atoms with Crippen LogP contribution in [0, 0.1) is 6.92 Å². The molecule has 0 radical (unpaired) electrons. The molecule has 1 aliphatic rings. The highest BCUT2D eigenvalue weighted by Gasteiger charge is 2.21. The highest BCUT2D eigenvalue weighted by atomic mass is 16.5. The first kappa shape index (κ1) is 15.5. The number of hydrogen-bond donors (Lipinski definition) is 1. The van der Waals surface area contributed by atoms with Crippen molar-refractivity contribution in [3.63, 3.8) is 0 Å². The Morgan fingerprint density at radius 1 is 1.26 bits per heavy atom. The van der Waals surface area contributed by atoms with Gasteiger partial charge in [-0.15, -0.1) is 5.10 Å². The Morgan fingerprint density at radius 2 is 2.04 bits per heavy atom. The van der Waals surface area contributed by atoms with Crippen LogP contribution in [0.2, 0.25) is 0 Å². The maximum Gasteiger partial charge on any atom is 0.361 e. The maximum absolute atomic E-state index is 12.0. The molecular weight excluding hydrogens is 292 g/mol. The molecule has 3 rings (SSSR count). The number of H-pyrrole nitrogens is 1. The molecule has 6 heteroatoms. The Hall–Kier alpha value is -2.37. The zero-order valence-electron chi connectivity index (χ0n) is 13.6. The summed E-state index contributed by atoms with van der Waals surface area (Å²) >= 11 is 0. The van der Waals surface area contributed by atoms with Crippen LogP contribution < -0.4 is 4.90 Å². The normalized spacial score (nSPS) is 14.8. The van der Waals surface area contributed by atoms with E-state index in [0.717, 1.165) is 24.2 Å². The smallest absolute Gasteiger partial charge is 0.361 e. The number of rotatable bonds is 4. The molecule has 122 valence electrons. The fourth-order valence-electron chi connectivity index (χ4n) is 3.02. The van der Waals surface area contributed by atoms with Crippen molar-refractivity contribution in [1.82, 2.24) is 15.4 Å². The van der Waals surface area contributed by atoms with Crippen molar-refractivity contribution < 1.29 is 9.53 Å². The summed E-state index contributed by atoms with van der Waals surface area (Å²) in [6, 6.07) is 6.27. The van der Waals surface area contributed by atoms with Crippen molar-refractivity contribution in [1.29, 1.82) is 0 Å². The lowest BCUT2D eigenvalue weighted by molar-refractivity contribution is 0.0520. The molecule has 1 aromatic carbocycles. The van der Waals surface area contributed by atoms with Crippen LogP contribution in [-0.4, -0.2) is 41.1 Å². The van der Waals surface area contributed by atoms with Crippen molar-refractivity contribution >= 4 is 11.7 Å². The van der Waals surface area contributed by atoms with Crippen molar-refractivity contribution in [3.8, 4) is 11.3 Å². The largest absolute Gasteiger partial charge is 0.461 e. The van der Waals surface area contributed by atoms with Crippen molar-refractivity contribution in [3.05, 3.63) is 29.5 Å². The highest BCUT2D eigenvalue weighted by Crippen LogP contribution is 2.29. The number of carbonyl (C=O) groups is 1. The lowest BCUT2D eigenvalue weighted by Crippen LogP contribution is -2.29. The Kier molecular flexibility index (Phi) is 4.60. The molecule has 2 aromatic rings. The van der Waals surface area contributed by atoms with Crippen LogP contribution in [0.25, 0.3) is 11.3 Å². The monoisotopic (exact) mass is 314 g/mol. The maximum atomic E-state index is 12.0. The Balaban J connectivity index is 1.89. The van der Waals surface area contributed by atoms with Gasteiger partial charge in [-0.3, -0.25) is 0 Å². The third-order valence-electron chi connectivity index (χ3n) is 4.20. The van der Waals surface area contributed by atoms with Crippen LogP contribution >= 0.6 is 0 Å². The standard InChI is InChI=1S/C17H22N4O2/c1-3-23-17(22)16-15(18-20-19-16)14-8-7-13(11-12(14)2)21-9-5-4-6-10-21/h7-8,11H,3-6,9-10H2,1-2H3,(H,18,19,20). The topological polar surface area (TPSA) is 71.1 Å². The number of benzene rings is 1. The first-order valence-electron chi connectivity index (χ1n) is 8.14. The van der Waals surface area contributed by atoms with Crippen LogP contribution in [0.4, 0.5) is 5.69 Å². The lowest BCUT2D eigenvalue weighted by Gasteiger charge is -2.29. The van der Waals surface area contributed by atoms with Crippen molar-refractivity contribution in [2.45, 2.75) is 33.1 Å². The van der Waals surface area contributed by atoms with Crippen LogP contribution in [-0.2, 0) is 4.74 Å². The van der Waals surface area contributed by atoms with E-state index >= 15 is 0 Å². The molecule has 0 atom stereocenters. The highest BCUT2D eigenvalue weighted by molar-refractivity contribution is 5.94. The number of aromatic nitrogens is 3. The van der Waals surface area contributed by atoms with Gasteiger partial charge >= 0.3 is 5.97 Å². The van der Waals surface area contributed by atoms with Gasteiger partial charge < -0.3 is 9.64 Å². The minimum Gasteiger partial charge on any atom is -0.461 e. The van der Waals surface area contributed by atoms with Gasteiger partial charge in [0.2, 0.25) is 0 Å². The van der Waals surface area contributed by atoms with E-state index in [1.54, 1.807) is 6.92 Å². The fraction of sp³-hybridized carbons (Fsp3) is 0.471. The van der Waals surface area contributed by atoms with E-state index in [4.69, 9.17) is 4.74 Å². The molecule has 1 fully saturated rings. The Labute approximate surface area is 135 Å². The van der Waals surface area contributed by atoms with E-state index in [-0.39, 0.29) is 5.69 Å². The van der Waals surface area contributed by atoms with Crippen LogP contribution in [0.5, 0.6) is 0 Å². The molecule has 0 saturated carbocycles. The average molecular weight is 314 g/mol. The molecule has 1 aliphatic heterocycles. The first-order valence-corrected chi connectivity index (χ1v) is 8.14. The molecule has 0 amide bonds. The van der Waals surface area contributed by atoms with Crippen LogP contribution in [0.15, 0.2) is 18.2 Å². The fourth-order valence-corrected chi connectivity index (χ4v) is 3.02. The molecule has 6 nitrogen and oxygen atoms in total. The summed E-state index contributed by atoms with van der Waals surface area (Å²) in [7, 11) is 0. The summed E-state index contributed by atoms with van der Waals surface area (Å²) in [6.45, 7) is 6.34. The summed E-state index contributed by atoms with van der Waals surface area (Å²) in [6.07, 6.45) is 3.81. The first-order chi connectivity index (χ1) is 11.2. The SMILES string of the molecule is CCOC(=O)c1n[nH]nc1-c1ccc(N2CCCCC2)cc1C. The lowest BCUT2D eigenvalue weighted by atomic mass is 10.0. The molecule has 23 heavy (non-hydrogen) atoms. The molecule has 2 heterocycles. The van der Waals surface area contributed by atoms with Gasteiger partial charge in [-0.2, -0.15) is 10.3 Å². The van der Waals surface area contributed by atoms with Gasteiger partial charge in [0, 0.05) is 24.3 Å². The molecule has 0 aliphatic carbocycles. The summed E-state index contributed by atoms with van der Waals surface area (Å²) in [4.78, 5) is 14.4. The second-order valence-corrected chi connectivity index (χ2v) is 5.79. The second kappa shape index (κ2) is 6.81.